The van der Waals surface area contributed by atoms with E-state index in [0.29, 0.717) is 18.8 Å². The molecule has 9 nitrogen and oxygen atoms in total. The largest absolute Gasteiger partial charge is 0.480 e. The molecular formula is C37H43N5O4. The smallest absolute Gasteiger partial charge is 0.320 e. The van der Waals surface area contributed by atoms with Gasteiger partial charge in [-0.05, 0) is 90.7 Å². The van der Waals surface area contributed by atoms with E-state index < -0.39 is 12.0 Å². The van der Waals surface area contributed by atoms with E-state index in [1.807, 2.05) is 12.3 Å². The summed E-state index contributed by atoms with van der Waals surface area (Å²) in [5.74, 6) is -0.0347. The van der Waals surface area contributed by atoms with Gasteiger partial charge in [-0.25, -0.2) is 4.98 Å². The number of pyridine rings is 2. The summed E-state index contributed by atoms with van der Waals surface area (Å²) in [6, 6.07) is 16.7. The van der Waals surface area contributed by atoms with Gasteiger partial charge in [0.25, 0.3) is 0 Å². The predicted octanol–water partition coefficient (Wildman–Crippen LogP) is 6.12. The number of hydrogen-bond acceptors (Lipinski definition) is 8. The first-order chi connectivity index (χ1) is 22.5. The summed E-state index contributed by atoms with van der Waals surface area (Å²) in [5.41, 5.74) is 9.13. The maximum absolute atomic E-state index is 11.8. The monoisotopic (exact) mass is 621 g/mol. The van der Waals surface area contributed by atoms with Crippen molar-refractivity contribution in [3.63, 3.8) is 0 Å². The number of likely N-dealkylation sites (tertiary alicyclic amines) is 1. The van der Waals surface area contributed by atoms with Crippen LogP contribution in [0, 0.1) is 6.92 Å². The van der Waals surface area contributed by atoms with Crippen molar-refractivity contribution >= 4 is 28.4 Å². The van der Waals surface area contributed by atoms with E-state index in [1.165, 1.54) is 22.3 Å². The molecule has 4 aromatic rings. The number of hydrogen-bond donors (Lipinski definition) is 2. The number of piperidine rings is 1. The molecule has 2 atom stereocenters. The third kappa shape index (κ3) is 6.51. The SMILES string of the molecule is Cc1c(Nc2nccc3cc(CN4CCCCC4C(=O)O)cnc23)cccc1-c1cccc2c1CCC2OCCN1CCOCC1. The van der Waals surface area contributed by atoms with Gasteiger partial charge < -0.3 is 19.9 Å². The van der Waals surface area contributed by atoms with E-state index in [-0.39, 0.29) is 6.10 Å². The van der Waals surface area contributed by atoms with Gasteiger partial charge in [0.2, 0.25) is 0 Å². The predicted molar refractivity (Wildman–Crippen MR) is 179 cm³/mol. The Morgan fingerprint density at radius 3 is 2.76 bits per heavy atom. The number of aliphatic carboxylic acids is 1. The Morgan fingerprint density at radius 2 is 1.89 bits per heavy atom. The van der Waals surface area contributed by atoms with Gasteiger partial charge in [0.1, 0.15) is 11.6 Å². The van der Waals surface area contributed by atoms with Crippen molar-refractivity contribution in [2.75, 3.05) is 51.3 Å². The molecule has 4 heterocycles. The zero-order valence-electron chi connectivity index (χ0n) is 26.6. The molecular weight excluding hydrogens is 578 g/mol. The van der Waals surface area contributed by atoms with Gasteiger partial charge in [-0.2, -0.15) is 0 Å². The molecule has 240 valence electrons. The van der Waals surface area contributed by atoms with Crippen LogP contribution in [-0.4, -0.2) is 82.9 Å². The van der Waals surface area contributed by atoms with Crippen molar-refractivity contribution < 1.29 is 19.4 Å². The number of aromatic nitrogens is 2. The number of fused-ring (bicyclic) bond motifs is 2. The normalized spacial score (nSPS) is 20.5. The van der Waals surface area contributed by atoms with Crippen molar-refractivity contribution in [3.05, 3.63) is 83.2 Å². The van der Waals surface area contributed by atoms with Crippen LogP contribution in [0.4, 0.5) is 11.5 Å². The summed E-state index contributed by atoms with van der Waals surface area (Å²) in [5, 5.41) is 14.3. The van der Waals surface area contributed by atoms with Crippen LogP contribution in [0.2, 0.25) is 0 Å². The van der Waals surface area contributed by atoms with Crippen molar-refractivity contribution in [2.24, 2.45) is 0 Å². The summed E-state index contributed by atoms with van der Waals surface area (Å²) in [4.78, 5) is 25.8. The van der Waals surface area contributed by atoms with Gasteiger partial charge in [0, 0.05) is 49.6 Å². The van der Waals surface area contributed by atoms with Crippen LogP contribution in [0.1, 0.15) is 54.0 Å². The Labute approximate surface area is 270 Å². The van der Waals surface area contributed by atoms with Crippen LogP contribution in [0.5, 0.6) is 0 Å². The molecule has 2 N–H and O–H groups in total. The molecule has 3 aliphatic rings. The second kappa shape index (κ2) is 13.8. The fourth-order valence-electron chi connectivity index (χ4n) is 7.36. The molecule has 2 aromatic heterocycles. The first-order valence-corrected chi connectivity index (χ1v) is 16.7. The Bertz CT molecular complexity index is 1700. The van der Waals surface area contributed by atoms with E-state index in [1.54, 1.807) is 6.20 Å². The number of carboxylic acids is 1. The number of benzene rings is 2. The molecule has 9 heteroatoms. The second-order valence-electron chi connectivity index (χ2n) is 12.7. The fourth-order valence-corrected chi connectivity index (χ4v) is 7.36. The van der Waals surface area contributed by atoms with E-state index >= 15 is 0 Å². The minimum Gasteiger partial charge on any atom is -0.480 e. The van der Waals surface area contributed by atoms with Gasteiger partial charge >= 0.3 is 5.97 Å². The lowest BCUT2D eigenvalue weighted by atomic mass is 9.93. The molecule has 46 heavy (non-hydrogen) atoms. The molecule has 1 aliphatic carbocycles. The third-order valence-electron chi connectivity index (χ3n) is 9.86. The van der Waals surface area contributed by atoms with E-state index in [4.69, 9.17) is 14.5 Å². The maximum atomic E-state index is 11.8. The Morgan fingerprint density at radius 1 is 1.04 bits per heavy atom. The standard InChI is InChI=1S/C37H43N5O4/c1-25-28(29-7-4-8-31-30(29)11-12-34(31)46-21-18-41-16-19-45-20-17-41)6-5-9-32(25)40-36-35-27(13-14-38-36)22-26(23-39-35)24-42-15-3-2-10-33(42)37(43)44/h4-9,13-14,22-23,33-34H,2-3,10-12,15-21,24H2,1H3,(H,38,40)(H,43,44). The topological polar surface area (TPSA) is 100 Å². The van der Waals surface area contributed by atoms with Crippen LogP contribution >= 0.6 is 0 Å². The highest BCUT2D eigenvalue weighted by atomic mass is 16.5. The Hall–Kier alpha value is -3.89. The van der Waals surface area contributed by atoms with Gasteiger partial charge in [0.15, 0.2) is 5.82 Å². The summed E-state index contributed by atoms with van der Waals surface area (Å²) in [6.45, 7) is 8.81. The van der Waals surface area contributed by atoms with Gasteiger partial charge in [-0.3, -0.25) is 19.6 Å². The highest BCUT2D eigenvalue weighted by Gasteiger charge is 2.29. The summed E-state index contributed by atoms with van der Waals surface area (Å²) < 4.78 is 11.9. The van der Waals surface area contributed by atoms with Crippen molar-refractivity contribution in [3.8, 4) is 11.1 Å². The second-order valence-corrected chi connectivity index (χ2v) is 12.7. The number of morpholine rings is 1. The lowest BCUT2D eigenvalue weighted by Gasteiger charge is -2.32. The molecule has 0 radical (unpaired) electrons. The minimum atomic E-state index is -0.741. The quantitative estimate of drug-likeness (QED) is 0.217. The zero-order valence-corrected chi connectivity index (χ0v) is 26.6. The number of carbonyl (C=O) groups is 1. The van der Waals surface area contributed by atoms with Crippen LogP contribution in [0.25, 0.3) is 22.0 Å². The molecule has 2 unspecified atom stereocenters. The van der Waals surface area contributed by atoms with Crippen LogP contribution < -0.4 is 5.32 Å². The summed E-state index contributed by atoms with van der Waals surface area (Å²) in [7, 11) is 0. The molecule has 2 saturated heterocycles. The summed E-state index contributed by atoms with van der Waals surface area (Å²) >= 11 is 0. The van der Waals surface area contributed by atoms with E-state index in [2.05, 4.69) is 69.5 Å². The number of rotatable bonds is 10. The van der Waals surface area contributed by atoms with Gasteiger partial charge in [-0.15, -0.1) is 0 Å². The number of nitrogens with one attached hydrogen (secondary N) is 1. The minimum absolute atomic E-state index is 0.137. The molecule has 2 aromatic carbocycles. The molecule has 0 spiro atoms. The number of nitrogens with zero attached hydrogens (tertiary/aromatic N) is 4. The average Bonchev–Trinajstić information content (AvgIpc) is 3.50. The molecule has 0 amide bonds. The molecule has 7 rings (SSSR count). The van der Waals surface area contributed by atoms with E-state index in [9.17, 15) is 9.90 Å². The van der Waals surface area contributed by atoms with Crippen molar-refractivity contribution in [1.82, 2.24) is 19.8 Å². The zero-order chi connectivity index (χ0) is 31.5. The van der Waals surface area contributed by atoms with Gasteiger partial charge in [0.05, 0.1) is 25.9 Å². The first kappa shape index (κ1) is 30.7. The lowest BCUT2D eigenvalue weighted by Crippen LogP contribution is -2.44. The molecule has 2 fully saturated rings. The number of anilines is 2. The number of ether oxygens (including phenoxy) is 2. The summed E-state index contributed by atoms with van der Waals surface area (Å²) in [6.07, 6.45) is 8.50. The average molecular weight is 622 g/mol. The van der Waals surface area contributed by atoms with Crippen LogP contribution in [0.15, 0.2) is 60.9 Å². The third-order valence-corrected chi connectivity index (χ3v) is 9.86. The highest BCUT2D eigenvalue weighted by Crippen LogP contribution is 2.41. The Balaban J connectivity index is 1.08. The lowest BCUT2D eigenvalue weighted by molar-refractivity contribution is -0.144. The van der Waals surface area contributed by atoms with Crippen molar-refractivity contribution in [1.29, 1.82) is 0 Å². The van der Waals surface area contributed by atoms with Gasteiger partial charge in [-0.1, -0.05) is 36.8 Å². The number of carboxylic acid groups (broad SMARTS) is 1. The van der Waals surface area contributed by atoms with Crippen LogP contribution in [0.3, 0.4) is 0 Å². The van der Waals surface area contributed by atoms with E-state index in [0.717, 1.165) is 99.4 Å². The first-order valence-electron chi connectivity index (χ1n) is 16.7. The molecule has 2 aliphatic heterocycles. The van der Waals surface area contributed by atoms with Crippen molar-refractivity contribution in [2.45, 2.75) is 57.7 Å². The maximum Gasteiger partial charge on any atom is 0.320 e. The molecule has 0 saturated carbocycles. The fraction of sp³-hybridized carbons (Fsp3) is 0.432. The van der Waals surface area contributed by atoms with Crippen LogP contribution in [-0.2, 0) is 27.2 Å². The highest BCUT2D eigenvalue weighted by molar-refractivity contribution is 5.91. The molecule has 0 bridgehead atoms. The Kier molecular flexibility index (Phi) is 9.26.